The number of hydrogen-bond acceptors (Lipinski definition) is 2. The van der Waals surface area contributed by atoms with E-state index in [0.29, 0.717) is 18.1 Å². The van der Waals surface area contributed by atoms with Crippen LogP contribution in [0.5, 0.6) is 0 Å². The van der Waals surface area contributed by atoms with Gasteiger partial charge in [0.1, 0.15) is 6.54 Å². The van der Waals surface area contributed by atoms with Gasteiger partial charge >= 0.3 is 0 Å². The zero-order chi connectivity index (χ0) is 17.7. The third-order valence-electron chi connectivity index (χ3n) is 5.12. The van der Waals surface area contributed by atoms with Gasteiger partial charge < -0.3 is 14.5 Å². The molecule has 1 N–H and O–H groups in total. The third kappa shape index (κ3) is 2.47. The molecule has 2 aromatic carbocycles. The lowest BCUT2D eigenvalue weighted by Crippen LogP contribution is -2.37. The molecule has 0 aliphatic carbocycles. The molecule has 1 aliphatic rings. The lowest BCUT2D eigenvalue weighted by atomic mass is 10.0. The predicted molar refractivity (Wildman–Crippen MR) is 102 cm³/mol. The average molecular weight is 365 g/mol. The van der Waals surface area contributed by atoms with Crippen molar-refractivity contribution in [2.24, 2.45) is 0 Å². The Morgan fingerprint density at radius 2 is 2.12 bits per heavy atom. The second-order valence-corrected chi connectivity index (χ2v) is 7.13. The Kier molecular flexibility index (Phi) is 3.50. The number of H-pyrrole nitrogens is 1. The Bertz CT molecular complexity index is 1140. The first-order chi connectivity index (χ1) is 12.7. The maximum atomic E-state index is 12.9. The van der Waals surface area contributed by atoms with E-state index in [2.05, 4.69) is 9.97 Å². The van der Waals surface area contributed by atoms with Gasteiger partial charge in [0.25, 0.3) is 0 Å². The molecule has 0 unspecified atom stereocenters. The van der Waals surface area contributed by atoms with Gasteiger partial charge in [-0.1, -0.05) is 23.7 Å². The third-order valence-corrected chi connectivity index (χ3v) is 5.36. The van der Waals surface area contributed by atoms with Crippen LogP contribution in [0.25, 0.3) is 21.9 Å². The minimum Gasteiger partial charge on any atom is -0.358 e. The lowest BCUT2D eigenvalue weighted by molar-refractivity contribution is -0.132. The fourth-order valence-corrected chi connectivity index (χ4v) is 3.95. The van der Waals surface area contributed by atoms with Gasteiger partial charge in [0, 0.05) is 46.7 Å². The van der Waals surface area contributed by atoms with Crippen LogP contribution in [0.15, 0.2) is 48.8 Å². The summed E-state index contributed by atoms with van der Waals surface area (Å²) >= 11 is 6.16. The number of aromatic nitrogens is 3. The Morgan fingerprint density at radius 3 is 3.04 bits per heavy atom. The number of imidazole rings is 1. The summed E-state index contributed by atoms with van der Waals surface area (Å²) in [6.45, 7) is 1.64. The van der Waals surface area contributed by atoms with Crippen LogP contribution in [-0.2, 0) is 24.3 Å². The van der Waals surface area contributed by atoms with Gasteiger partial charge in [0.05, 0.1) is 17.4 Å². The Hall–Kier alpha value is -2.79. The average Bonchev–Trinajstić information content (AvgIpc) is 3.22. The largest absolute Gasteiger partial charge is 0.358 e. The van der Waals surface area contributed by atoms with Gasteiger partial charge in [-0.25, -0.2) is 4.98 Å². The van der Waals surface area contributed by atoms with Gasteiger partial charge in [-0.15, -0.1) is 0 Å². The molecule has 5 rings (SSSR count). The number of fused-ring (bicyclic) bond motifs is 4. The van der Waals surface area contributed by atoms with Crippen LogP contribution >= 0.6 is 11.6 Å². The molecule has 0 fully saturated rings. The van der Waals surface area contributed by atoms with E-state index >= 15 is 0 Å². The highest BCUT2D eigenvalue weighted by Crippen LogP contribution is 2.30. The molecule has 0 bridgehead atoms. The van der Waals surface area contributed by atoms with E-state index in [1.807, 2.05) is 51.9 Å². The molecular formula is C20H17ClN4O. The molecule has 0 saturated heterocycles. The fraction of sp³-hybridized carbons (Fsp3) is 0.200. The number of rotatable bonds is 2. The number of nitrogens with one attached hydrogen (secondary N) is 1. The highest BCUT2D eigenvalue weighted by molar-refractivity contribution is 6.31. The summed E-state index contributed by atoms with van der Waals surface area (Å²) in [5.41, 5.74) is 5.36. The van der Waals surface area contributed by atoms with E-state index in [-0.39, 0.29) is 5.91 Å². The van der Waals surface area contributed by atoms with Crippen molar-refractivity contribution in [1.29, 1.82) is 0 Å². The Morgan fingerprint density at radius 1 is 1.23 bits per heavy atom. The molecule has 1 amide bonds. The van der Waals surface area contributed by atoms with Gasteiger partial charge in [0.15, 0.2) is 0 Å². The number of nitrogens with zero attached hydrogens (tertiary/aromatic N) is 3. The quantitative estimate of drug-likeness (QED) is 0.589. The van der Waals surface area contributed by atoms with Gasteiger partial charge in [-0.05, 0) is 30.3 Å². The smallest absolute Gasteiger partial charge is 0.242 e. The Labute approximate surface area is 155 Å². The van der Waals surface area contributed by atoms with Crippen molar-refractivity contribution in [1.82, 2.24) is 19.4 Å². The van der Waals surface area contributed by atoms with E-state index in [4.69, 9.17) is 11.6 Å². The molecule has 0 spiro atoms. The first-order valence-corrected chi connectivity index (χ1v) is 9.03. The zero-order valence-electron chi connectivity index (χ0n) is 14.1. The van der Waals surface area contributed by atoms with Crippen LogP contribution in [0.2, 0.25) is 5.02 Å². The molecule has 0 atom stereocenters. The number of para-hydroxylation sites is 2. The van der Waals surface area contributed by atoms with Crippen LogP contribution in [-0.4, -0.2) is 31.9 Å². The van der Waals surface area contributed by atoms with Crippen molar-refractivity contribution in [2.75, 3.05) is 6.54 Å². The van der Waals surface area contributed by atoms with E-state index in [1.54, 1.807) is 6.33 Å². The molecule has 2 aromatic heterocycles. The predicted octanol–water partition coefficient (Wildman–Crippen LogP) is 3.76. The van der Waals surface area contributed by atoms with Gasteiger partial charge in [-0.3, -0.25) is 4.79 Å². The summed E-state index contributed by atoms with van der Waals surface area (Å²) in [5, 5.41) is 1.82. The molecule has 0 radical (unpaired) electrons. The highest BCUT2D eigenvalue weighted by atomic mass is 35.5. The van der Waals surface area contributed by atoms with E-state index in [1.165, 1.54) is 11.3 Å². The van der Waals surface area contributed by atoms with Gasteiger partial charge in [0.2, 0.25) is 5.91 Å². The minimum atomic E-state index is 0.107. The van der Waals surface area contributed by atoms with E-state index < -0.39 is 0 Å². The SMILES string of the molecule is O=C(Cn1cnc2ccccc21)N1CCc2[nH]c3ccc(Cl)cc3c2C1. The number of carbonyl (C=O) groups is 1. The monoisotopic (exact) mass is 364 g/mol. The molecule has 5 nitrogen and oxygen atoms in total. The number of carbonyl (C=O) groups excluding carboxylic acids is 1. The molecule has 3 heterocycles. The van der Waals surface area contributed by atoms with Crippen molar-refractivity contribution in [3.63, 3.8) is 0 Å². The first-order valence-electron chi connectivity index (χ1n) is 8.66. The van der Waals surface area contributed by atoms with Crippen molar-refractivity contribution in [2.45, 2.75) is 19.5 Å². The van der Waals surface area contributed by atoms with Crippen LogP contribution < -0.4 is 0 Å². The topological polar surface area (TPSA) is 53.9 Å². The molecule has 0 saturated carbocycles. The normalized spacial score (nSPS) is 14.1. The molecular weight excluding hydrogens is 348 g/mol. The maximum Gasteiger partial charge on any atom is 0.242 e. The molecule has 6 heteroatoms. The van der Waals surface area contributed by atoms with Crippen LogP contribution in [0.3, 0.4) is 0 Å². The van der Waals surface area contributed by atoms with Crippen molar-refractivity contribution < 1.29 is 4.79 Å². The number of hydrogen-bond donors (Lipinski definition) is 1. The summed E-state index contributed by atoms with van der Waals surface area (Å²) in [5.74, 6) is 0.107. The lowest BCUT2D eigenvalue weighted by Gasteiger charge is -2.27. The van der Waals surface area contributed by atoms with Crippen LogP contribution in [0.4, 0.5) is 0 Å². The zero-order valence-corrected chi connectivity index (χ0v) is 14.8. The van der Waals surface area contributed by atoms with Crippen molar-refractivity contribution in [3.05, 3.63) is 65.1 Å². The van der Waals surface area contributed by atoms with Crippen LogP contribution in [0, 0.1) is 0 Å². The molecule has 130 valence electrons. The maximum absolute atomic E-state index is 12.9. The van der Waals surface area contributed by atoms with Crippen molar-refractivity contribution in [3.8, 4) is 0 Å². The number of amides is 1. The number of benzene rings is 2. The summed E-state index contributed by atoms with van der Waals surface area (Å²) in [7, 11) is 0. The van der Waals surface area contributed by atoms with Crippen LogP contribution in [0.1, 0.15) is 11.3 Å². The molecule has 26 heavy (non-hydrogen) atoms. The minimum absolute atomic E-state index is 0.107. The summed E-state index contributed by atoms with van der Waals surface area (Å²) in [6, 6.07) is 13.7. The van der Waals surface area contributed by atoms with Gasteiger partial charge in [-0.2, -0.15) is 0 Å². The number of aromatic amines is 1. The van der Waals surface area contributed by atoms with Crippen molar-refractivity contribution >= 4 is 39.4 Å². The van der Waals surface area contributed by atoms with E-state index in [0.717, 1.165) is 34.9 Å². The van der Waals surface area contributed by atoms with E-state index in [9.17, 15) is 4.79 Å². The Balaban J connectivity index is 1.42. The fourth-order valence-electron chi connectivity index (χ4n) is 3.78. The molecule has 1 aliphatic heterocycles. The summed E-state index contributed by atoms with van der Waals surface area (Å²) in [6.07, 6.45) is 2.57. The second-order valence-electron chi connectivity index (χ2n) is 6.70. The summed E-state index contributed by atoms with van der Waals surface area (Å²) in [4.78, 5) is 22.6. The highest BCUT2D eigenvalue weighted by Gasteiger charge is 2.24. The summed E-state index contributed by atoms with van der Waals surface area (Å²) < 4.78 is 1.92. The first kappa shape index (κ1) is 15.5. The standard InChI is InChI=1S/C20H17ClN4O/c21-13-5-6-16-14(9-13)15-10-24(8-7-17(15)23-16)20(26)11-25-12-22-18-3-1-2-4-19(18)25/h1-6,9,12,23H,7-8,10-11H2. The number of halogens is 1. The second kappa shape index (κ2) is 5.88. The molecule has 4 aromatic rings.